The van der Waals surface area contributed by atoms with E-state index in [1.165, 1.54) is 0 Å². The lowest BCUT2D eigenvalue weighted by Crippen LogP contribution is -2.00. The number of rotatable bonds is 6. The number of nitrogens with one attached hydrogen (secondary N) is 1. The van der Waals surface area contributed by atoms with E-state index in [2.05, 4.69) is 31.1 Å². The van der Waals surface area contributed by atoms with Gasteiger partial charge in [-0.2, -0.15) is 0 Å². The number of thioether (sulfide) groups is 1. The van der Waals surface area contributed by atoms with E-state index in [1.54, 1.807) is 11.8 Å². The number of hydrogen-bond acceptors (Lipinski definition) is 4. The van der Waals surface area contributed by atoms with Crippen LogP contribution in [-0.4, -0.2) is 27.5 Å². The number of aromatic amines is 1. The maximum atomic E-state index is 5.63. The molecular weight excluding hydrogens is 314 g/mol. The molecule has 0 radical (unpaired) electrons. The first-order valence-corrected chi connectivity index (χ1v) is 7.48. The van der Waals surface area contributed by atoms with Crippen molar-refractivity contribution in [1.29, 1.82) is 0 Å². The predicted octanol–water partition coefficient (Wildman–Crippen LogP) is 3.30. The molecule has 0 amide bonds. The largest absolute Gasteiger partial charge is 0.493 e. The summed E-state index contributed by atoms with van der Waals surface area (Å²) in [5.41, 5.74) is 0. The molecule has 0 aliphatic carbocycles. The molecule has 1 heterocycles. The summed E-state index contributed by atoms with van der Waals surface area (Å²) in [4.78, 5) is 4.32. The Balaban J connectivity index is 1.72. The molecule has 0 atom stereocenters. The van der Waals surface area contributed by atoms with Gasteiger partial charge in [0.25, 0.3) is 0 Å². The smallest absolute Gasteiger partial charge is 0.208 e. The number of halogens is 1. The van der Waals surface area contributed by atoms with Gasteiger partial charge >= 0.3 is 0 Å². The zero-order chi connectivity index (χ0) is 12.8. The molecule has 1 aromatic carbocycles. The van der Waals surface area contributed by atoms with E-state index < -0.39 is 0 Å². The van der Waals surface area contributed by atoms with Crippen molar-refractivity contribution in [2.45, 2.75) is 18.5 Å². The molecule has 0 saturated heterocycles. The number of benzene rings is 1. The molecular formula is C12H14BrN3OS. The van der Waals surface area contributed by atoms with Crippen LogP contribution in [0.2, 0.25) is 0 Å². The van der Waals surface area contributed by atoms with Gasteiger partial charge in [-0.25, -0.2) is 4.98 Å². The molecule has 0 aliphatic rings. The van der Waals surface area contributed by atoms with Gasteiger partial charge in [-0.05, 0) is 18.2 Å². The van der Waals surface area contributed by atoms with E-state index in [9.17, 15) is 0 Å². The molecule has 2 aromatic rings. The molecule has 1 aromatic heterocycles. The lowest BCUT2D eigenvalue weighted by Gasteiger charge is -2.04. The van der Waals surface area contributed by atoms with Crippen LogP contribution in [-0.2, 0) is 6.42 Å². The van der Waals surface area contributed by atoms with Crippen LogP contribution in [0.3, 0.4) is 0 Å². The van der Waals surface area contributed by atoms with Crippen LogP contribution in [0.5, 0.6) is 5.75 Å². The zero-order valence-corrected chi connectivity index (χ0v) is 12.4. The number of H-pyrrole nitrogens is 1. The summed E-state index contributed by atoms with van der Waals surface area (Å²) >= 11 is 5.00. The molecule has 2 rings (SSSR count). The van der Waals surface area contributed by atoms with Crippen molar-refractivity contribution in [1.82, 2.24) is 15.2 Å². The maximum Gasteiger partial charge on any atom is 0.208 e. The van der Waals surface area contributed by atoms with E-state index in [1.807, 2.05) is 31.2 Å². The van der Waals surface area contributed by atoms with Crippen LogP contribution >= 0.6 is 27.7 Å². The summed E-state index contributed by atoms with van der Waals surface area (Å²) in [5, 5.41) is 7.78. The van der Waals surface area contributed by atoms with Gasteiger partial charge in [-0.3, -0.25) is 5.10 Å². The number of nitrogens with zero attached hydrogens (tertiary/aromatic N) is 2. The fraction of sp³-hybridized carbons (Fsp3) is 0.333. The van der Waals surface area contributed by atoms with Crippen LogP contribution in [0.15, 0.2) is 33.9 Å². The normalized spacial score (nSPS) is 10.6. The van der Waals surface area contributed by atoms with Crippen LogP contribution < -0.4 is 4.74 Å². The molecule has 0 spiro atoms. The summed E-state index contributed by atoms with van der Waals surface area (Å²) in [7, 11) is 0. The van der Waals surface area contributed by atoms with Crippen molar-refractivity contribution < 1.29 is 4.74 Å². The molecule has 6 heteroatoms. The van der Waals surface area contributed by atoms with Gasteiger partial charge in [0.15, 0.2) is 0 Å². The second-order valence-corrected chi connectivity index (χ2v) is 5.55. The summed E-state index contributed by atoms with van der Waals surface area (Å²) in [5.74, 6) is 2.62. The molecule has 0 saturated carbocycles. The molecule has 0 aliphatic heterocycles. The SMILES string of the molecule is CCc1nc(SCCOc2cccc(Br)c2)n[nH]1. The van der Waals surface area contributed by atoms with E-state index in [0.717, 1.165) is 33.4 Å². The highest BCUT2D eigenvalue weighted by Crippen LogP contribution is 2.18. The Labute approximate surface area is 119 Å². The minimum absolute atomic E-state index is 0.636. The highest BCUT2D eigenvalue weighted by Gasteiger charge is 2.02. The van der Waals surface area contributed by atoms with Crippen LogP contribution in [0.25, 0.3) is 0 Å². The van der Waals surface area contributed by atoms with Gasteiger partial charge in [0.1, 0.15) is 11.6 Å². The number of hydrogen-bond donors (Lipinski definition) is 1. The quantitative estimate of drug-likeness (QED) is 0.653. The highest BCUT2D eigenvalue weighted by molar-refractivity contribution is 9.10. The molecule has 96 valence electrons. The summed E-state index contributed by atoms with van der Waals surface area (Å²) in [6.45, 7) is 2.68. The topological polar surface area (TPSA) is 50.8 Å². The fourth-order valence-corrected chi connectivity index (χ4v) is 2.36. The Hall–Kier alpha value is -1.01. The minimum Gasteiger partial charge on any atom is -0.493 e. The second kappa shape index (κ2) is 6.80. The predicted molar refractivity (Wildman–Crippen MR) is 76.1 cm³/mol. The summed E-state index contributed by atoms with van der Waals surface area (Å²) in [6.07, 6.45) is 0.877. The number of aryl methyl sites for hydroxylation is 1. The van der Waals surface area contributed by atoms with Crippen molar-refractivity contribution in [3.63, 3.8) is 0 Å². The van der Waals surface area contributed by atoms with Crippen LogP contribution in [0.4, 0.5) is 0 Å². The van der Waals surface area contributed by atoms with Gasteiger partial charge in [0.2, 0.25) is 5.16 Å². The van der Waals surface area contributed by atoms with Crippen LogP contribution in [0, 0.1) is 0 Å². The zero-order valence-electron chi connectivity index (χ0n) is 10.0. The van der Waals surface area contributed by atoms with Crippen molar-refractivity contribution in [2.75, 3.05) is 12.4 Å². The van der Waals surface area contributed by atoms with Crippen molar-refractivity contribution >= 4 is 27.7 Å². The standard InChI is InChI=1S/C12H14BrN3OS/c1-2-11-14-12(16-15-11)18-7-6-17-10-5-3-4-9(13)8-10/h3-5,8H,2,6-7H2,1H3,(H,14,15,16). The van der Waals surface area contributed by atoms with E-state index in [-0.39, 0.29) is 0 Å². The third kappa shape index (κ3) is 4.03. The maximum absolute atomic E-state index is 5.63. The number of ether oxygens (including phenoxy) is 1. The average molecular weight is 328 g/mol. The number of aromatic nitrogens is 3. The second-order valence-electron chi connectivity index (χ2n) is 3.57. The van der Waals surface area contributed by atoms with Gasteiger partial charge in [-0.1, -0.05) is 40.7 Å². The average Bonchev–Trinajstić information content (AvgIpc) is 2.83. The van der Waals surface area contributed by atoms with Gasteiger partial charge in [0.05, 0.1) is 6.61 Å². The first kappa shape index (κ1) is 13.4. The fourth-order valence-electron chi connectivity index (χ4n) is 1.35. The molecule has 18 heavy (non-hydrogen) atoms. The van der Waals surface area contributed by atoms with Crippen LogP contribution in [0.1, 0.15) is 12.7 Å². The third-order valence-electron chi connectivity index (χ3n) is 2.23. The Kier molecular flexibility index (Phi) is 5.07. The Morgan fingerprint density at radius 1 is 1.44 bits per heavy atom. The highest BCUT2D eigenvalue weighted by atomic mass is 79.9. The molecule has 1 N–H and O–H groups in total. The van der Waals surface area contributed by atoms with E-state index in [0.29, 0.717) is 6.61 Å². The van der Waals surface area contributed by atoms with Crippen molar-refractivity contribution in [2.24, 2.45) is 0 Å². The lowest BCUT2D eigenvalue weighted by molar-refractivity contribution is 0.343. The first-order valence-electron chi connectivity index (χ1n) is 5.70. The van der Waals surface area contributed by atoms with Gasteiger partial charge in [-0.15, -0.1) is 5.10 Å². The molecule has 4 nitrogen and oxygen atoms in total. The van der Waals surface area contributed by atoms with Gasteiger partial charge in [0, 0.05) is 16.6 Å². The minimum atomic E-state index is 0.636. The first-order chi connectivity index (χ1) is 8.78. The Morgan fingerprint density at radius 3 is 3.06 bits per heavy atom. The molecule has 0 fully saturated rings. The lowest BCUT2D eigenvalue weighted by atomic mass is 10.3. The molecule has 0 unspecified atom stereocenters. The van der Waals surface area contributed by atoms with Crippen molar-refractivity contribution in [3.8, 4) is 5.75 Å². The monoisotopic (exact) mass is 327 g/mol. The van der Waals surface area contributed by atoms with Gasteiger partial charge < -0.3 is 4.74 Å². The Bertz CT molecular complexity index is 504. The summed E-state index contributed by atoms with van der Waals surface area (Å²) < 4.78 is 6.65. The summed E-state index contributed by atoms with van der Waals surface area (Å²) in [6, 6.07) is 7.82. The third-order valence-corrected chi connectivity index (χ3v) is 3.53. The van der Waals surface area contributed by atoms with Crippen molar-refractivity contribution in [3.05, 3.63) is 34.6 Å². The molecule has 0 bridgehead atoms. The Morgan fingerprint density at radius 2 is 2.33 bits per heavy atom. The van der Waals surface area contributed by atoms with E-state index in [4.69, 9.17) is 4.74 Å². The van der Waals surface area contributed by atoms with E-state index >= 15 is 0 Å².